The molecule has 21 heavy (non-hydrogen) atoms. The number of carbonyl (C=O) groups is 1. The third kappa shape index (κ3) is 3.51. The van der Waals surface area contributed by atoms with Gasteiger partial charge in [-0.2, -0.15) is 0 Å². The summed E-state index contributed by atoms with van der Waals surface area (Å²) in [4.78, 5) is 11.1. The van der Waals surface area contributed by atoms with Gasteiger partial charge in [0.15, 0.2) is 0 Å². The second-order valence-corrected chi connectivity index (χ2v) is 4.92. The first kappa shape index (κ1) is 14.9. The van der Waals surface area contributed by atoms with Crippen LogP contribution in [0.15, 0.2) is 49.0 Å². The monoisotopic (exact) mass is 281 g/mol. The van der Waals surface area contributed by atoms with E-state index < -0.39 is 5.91 Å². The van der Waals surface area contributed by atoms with Crippen LogP contribution in [0.1, 0.15) is 34.0 Å². The van der Waals surface area contributed by atoms with Crippen LogP contribution in [0.2, 0.25) is 0 Å². The number of carbonyl (C=O) groups excluding carboxylic acids is 1. The molecule has 0 saturated carbocycles. The van der Waals surface area contributed by atoms with E-state index in [1.165, 1.54) is 5.56 Å². The van der Waals surface area contributed by atoms with Crippen molar-refractivity contribution in [2.24, 2.45) is 5.73 Å². The first-order valence-electron chi connectivity index (χ1n) is 6.87. The van der Waals surface area contributed by atoms with Gasteiger partial charge in [-0.15, -0.1) is 0 Å². The standard InChI is InChI=1S/C18H19NO2/c1-4-14-5-7-15(8-6-14)13(3)21-17-10-9-16(18(19)20)11-12(17)2/h5-11H,3-4H2,1-2H3,(H2,19,20). The molecular weight excluding hydrogens is 262 g/mol. The zero-order valence-corrected chi connectivity index (χ0v) is 12.3. The molecule has 2 N–H and O–H groups in total. The van der Waals surface area contributed by atoms with Gasteiger partial charge in [-0.1, -0.05) is 37.8 Å². The number of hydrogen-bond acceptors (Lipinski definition) is 2. The fourth-order valence-electron chi connectivity index (χ4n) is 2.04. The maximum atomic E-state index is 11.1. The van der Waals surface area contributed by atoms with Gasteiger partial charge in [0.1, 0.15) is 11.5 Å². The summed E-state index contributed by atoms with van der Waals surface area (Å²) in [5.74, 6) is 0.802. The molecule has 0 aliphatic rings. The summed E-state index contributed by atoms with van der Waals surface area (Å²) in [6, 6.07) is 13.2. The quantitative estimate of drug-likeness (QED) is 0.849. The van der Waals surface area contributed by atoms with Gasteiger partial charge in [-0.25, -0.2) is 0 Å². The van der Waals surface area contributed by atoms with Crippen LogP contribution in [0.25, 0.3) is 5.76 Å². The average molecular weight is 281 g/mol. The normalized spacial score (nSPS) is 10.2. The maximum absolute atomic E-state index is 11.1. The van der Waals surface area contributed by atoms with E-state index >= 15 is 0 Å². The van der Waals surface area contributed by atoms with Crippen LogP contribution in [-0.2, 0) is 6.42 Å². The Morgan fingerprint density at radius 2 is 1.76 bits per heavy atom. The Labute approximate surface area is 125 Å². The van der Waals surface area contributed by atoms with E-state index in [2.05, 4.69) is 25.6 Å². The van der Waals surface area contributed by atoms with Crippen molar-refractivity contribution >= 4 is 11.7 Å². The van der Waals surface area contributed by atoms with E-state index in [0.29, 0.717) is 17.1 Å². The smallest absolute Gasteiger partial charge is 0.248 e. The SMILES string of the molecule is C=C(Oc1ccc(C(N)=O)cc1C)c1ccc(CC)cc1. The molecule has 1 amide bonds. The molecule has 3 nitrogen and oxygen atoms in total. The van der Waals surface area contributed by atoms with Gasteiger partial charge in [-0.3, -0.25) is 4.79 Å². The molecule has 108 valence electrons. The highest BCUT2D eigenvalue weighted by atomic mass is 16.5. The lowest BCUT2D eigenvalue weighted by molar-refractivity contribution is 0.1000. The van der Waals surface area contributed by atoms with Crippen molar-refractivity contribution in [2.75, 3.05) is 0 Å². The second kappa shape index (κ2) is 6.27. The second-order valence-electron chi connectivity index (χ2n) is 4.92. The Bertz CT molecular complexity index is 672. The average Bonchev–Trinajstić information content (AvgIpc) is 2.49. The molecule has 0 radical (unpaired) electrons. The van der Waals surface area contributed by atoms with E-state index in [0.717, 1.165) is 17.5 Å². The van der Waals surface area contributed by atoms with Gasteiger partial charge in [0.2, 0.25) is 5.91 Å². The van der Waals surface area contributed by atoms with Crippen LogP contribution in [0, 0.1) is 6.92 Å². The van der Waals surface area contributed by atoms with Crippen LogP contribution in [-0.4, -0.2) is 5.91 Å². The number of aryl methyl sites for hydroxylation is 2. The van der Waals surface area contributed by atoms with Gasteiger partial charge >= 0.3 is 0 Å². The highest BCUT2D eigenvalue weighted by molar-refractivity contribution is 5.93. The molecule has 2 aromatic rings. The van der Waals surface area contributed by atoms with Gasteiger partial charge in [0.05, 0.1) is 0 Å². The minimum Gasteiger partial charge on any atom is -0.457 e. The van der Waals surface area contributed by atoms with Gasteiger partial charge in [0.25, 0.3) is 0 Å². The Morgan fingerprint density at radius 1 is 1.14 bits per heavy atom. The predicted octanol–water partition coefficient (Wildman–Crippen LogP) is 3.71. The number of ether oxygens (including phenoxy) is 1. The lowest BCUT2D eigenvalue weighted by atomic mass is 10.1. The van der Waals surface area contributed by atoms with E-state index in [-0.39, 0.29) is 0 Å². The fourth-order valence-corrected chi connectivity index (χ4v) is 2.04. The van der Waals surface area contributed by atoms with Crippen molar-refractivity contribution in [3.63, 3.8) is 0 Å². The van der Waals surface area contributed by atoms with Crippen molar-refractivity contribution in [3.8, 4) is 5.75 Å². The van der Waals surface area contributed by atoms with E-state index in [1.54, 1.807) is 18.2 Å². The van der Waals surface area contributed by atoms with Crippen LogP contribution < -0.4 is 10.5 Å². The molecule has 0 bridgehead atoms. The Balaban J connectivity index is 2.17. The highest BCUT2D eigenvalue weighted by Gasteiger charge is 2.08. The zero-order chi connectivity index (χ0) is 15.4. The minimum atomic E-state index is -0.446. The molecule has 0 aromatic heterocycles. The van der Waals surface area contributed by atoms with E-state index in [9.17, 15) is 4.79 Å². The molecule has 2 aromatic carbocycles. The lowest BCUT2D eigenvalue weighted by Gasteiger charge is -2.12. The summed E-state index contributed by atoms with van der Waals surface area (Å²) in [6.07, 6.45) is 1.00. The number of amides is 1. The summed E-state index contributed by atoms with van der Waals surface area (Å²) < 4.78 is 5.79. The molecule has 2 rings (SSSR count). The maximum Gasteiger partial charge on any atom is 0.248 e. The van der Waals surface area contributed by atoms with Gasteiger partial charge in [0, 0.05) is 11.1 Å². The van der Waals surface area contributed by atoms with Crippen LogP contribution in [0.4, 0.5) is 0 Å². The largest absolute Gasteiger partial charge is 0.457 e. The third-order valence-corrected chi connectivity index (χ3v) is 3.38. The molecule has 3 heteroatoms. The summed E-state index contributed by atoms with van der Waals surface area (Å²) in [6.45, 7) is 7.95. The summed E-state index contributed by atoms with van der Waals surface area (Å²) >= 11 is 0. The first-order chi connectivity index (χ1) is 10.0. The number of benzene rings is 2. The molecule has 0 unspecified atom stereocenters. The summed E-state index contributed by atoms with van der Waals surface area (Å²) in [5, 5.41) is 0. The predicted molar refractivity (Wildman–Crippen MR) is 85.2 cm³/mol. The van der Waals surface area contributed by atoms with Gasteiger partial charge < -0.3 is 10.5 Å². The third-order valence-electron chi connectivity index (χ3n) is 3.38. The summed E-state index contributed by atoms with van der Waals surface area (Å²) in [5.41, 5.74) is 8.78. The van der Waals surface area contributed by atoms with Crippen molar-refractivity contribution in [2.45, 2.75) is 20.3 Å². The lowest BCUT2D eigenvalue weighted by Crippen LogP contribution is -2.11. The van der Waals surface area contributed by atoms with Crippen molar-refractivity contribution in [1.29, 1.82) is 0 Å². The van der Waals surface area contributed by atoms with Crippen LogP contribution in [0.3, 0.4) is 0 Å². The van der Waals surface area contributed by atoms with Crippen molar-refractivity contribution in [1.82, 2.24) is 0 Å². The minimum absolute atomic E-state index is 0.446. The van der Waals surface area contributed by atoms with Crippen LogP contribution in [0.5, 0.6) is 5.75 Å². The van der Waals surface area contributed by atoms with Crippen molar-refractivity contribution < 1.29 is 9.53 Å². The summed E-state index contributed by atoms with van der Waals surface area (Å²) in [7, 11) is 0. The van der Waals surface area contributed by atoms with E-state index in [4.69, 9.17) is 10.5 Å². The Kier molecular flexibility index (Phi) is 4.43. The molecule has 0 atom stereocenters. The number of primary amides is 1. The van der Waals surface area contributed by atoms with Crippen LogP contribution >= 0.6 is 0 Å². The topological polar surface area (TPSA) is 52.3 Å². The fraction of sp³-hybridized carbons (Fsp3) is 0.167. The Hall–Kier alpha value is -2.55. The number of hydrogen-bond donors (Lipinski definition) is 1. The zero-order valence-electron chi connectivity index (χ0n) is 12.3. The first-order valence-corrected chi connectivity index (χ1v) is 6.87. The van der Waals surface area contributed by atoms with Crippen molar-refractivity contribution in [3.05, 3.63) is 71.3 Å². The van der Waals surface area contributed by atoms with Gasteiger partial charge in [-0.05, 0) is 42.7 Å². The number of rotatable bonds is 5. The molecule has 0 saturated heterocycles. The highest BCUT2D eigenvalue weighted by Crippen LogP contribution is 2.24. The van der Waals surface area contributed by atoms with E-state index in [1.807, 2.05) is 19.1 Å². The molecule has 0 aliphatic carbocycles. The number of nitrogens with two attached hydrogens (primary N) is 1. The molecular formula is C18H19NO2. The molecule has 0 heterocycles. The molecule has 0 spiro atoms. The Morgan fingerprint density at radius 3 is 2.29 bits per heavy atom. The molecule has 0 fully saturated rings. The molecule has 0 aliphatic heterocycles.